The van der Waals surface area contributed by atoms with Gasteiger partial charge in [0.2, 0.25) is 0 Å². The Morgan fingerprint density at radius 2 is 1.88 bits per heavy atom. The molecule has 16 heavy (non-hydrogen) atoms. The third kappa shape index (κ3) is 2.42. The molecule has 0 aliphatic rings. The highest BCUT2D eigenvalue weighted by molar-refractivity contribution is 5.60. The second-order valence-corrected chi connectivity index (χ2v) is 4.13. The first-order chi connectivity index (χ1) is 7.65. The van der Waals surface area contributed by atoms with Crippen LogP contribution < -0.4 is 4.74 Å². The van der Waals surface area contributed by atoms with Gasteiger partial charge in [0.1, 0.15) is 5.75 Å². The summed E-state index contributed by atoms with van der Waals surface area (Å²) in [6.45, 7) is 6.03. The van der Waals surface area contributed by atoms with Gasteiger partial charge in [-0.05, 0) is 51.1 Å². The molecule has 0 radical (unpaired) electrons. The summed E-state index contributed by atoms with van der Waals surface area (Å²) in [5, 5.41) is 7.14. The number of nitrogens with zero attached hydrogens (tertiary/aromatic N) is 1. The van der Waals surface area contributed by atoms with E-state index < -0.39 is 0 Å². The van der Waals surface area contributed by atoms with E-state index in [0.29, 0.717) is 0 Å². The fourth-order valence-corrected chi connectivity index (χ4v) is 1.54. The van der Waals surface area contributed by atoms with E-state index in [0.717, 1.165) is 22.7 Å². The van der Waals surface area contributed by atoms with Crippen LogP contribution in [0.25, 0.3) is 11.3 Å². The van der Waals surface area contributed by atoms with Crippen molar-refractivity contribution in [2.45, 2.75) is 26.9 Å². The van der Waals surface area contributed by atoms with Crippen LogP contribution in [0, 0.1) is 6.92 Å². The summed E-state index contributed by atoms with van der Waals surface area (Å²) in [6.07, 6.45) is 0.207. The smallest absolute Gasteiger partial charge is 0.119 e. The minimum atomic E-state index is 0.207. The second kappa shape index (κ2) is 4.39. The van der Waals surface area contributed by atoms with E-state index in [1.807, 2.05) is 51.1 Å². The van der Waals surface area contributed by atoms with Crippen LogP contribution in [0.1, 0.15) is 19.5 Å². The molecule has 1 heterocycles. The number of rotatable bonds is 3. The van der Waals surface area contributed by atoms with Gasteiger partial charge < -0.3 is 4.74 Å². The van der Waals surface area contributed by atoms with Crippen molar-refractivity contribution >= 4 is 0 Å². The average Bonchev–Trinajstić information content (AvgIpc) is 2.65. The third-order valence-corrected chi connectivity index (χ3v) is 2.23. The molecule has 3 heteroatoms. The molecule has 3 nitrogen and oxygen atoms in total. The van der Waals surface area contributed by atoms with Gasteiger partial charge in [0, 0.05) is 11.3 Å². The SMILES string of the molecule is Cc1cc(-c2ccc(OC(C)C)cc2)n[nH]1. The highest BCUT2D eigenvalue weighted by Gasteiger charge is 2.02. The Bertz CT molecular complexity index is 457. The lowest BCUT2D eigenvalue weighted by atomic mass is 10.1. The average molecular weight is 216 g/mol. The zero-order chi connectivity index (χ0) is 11.5. The largest absolute Gasteiger partial charge is 0.491 e. The van der Waals surface area contributed by atoms with E-state index >= 15 is 0 Å². The molecule has 1 N–H and O–H groups in total. The quantitative estimate of drug-likeness (QED) is 0.855. The summed E-state index contributed by atoms with van der Waals surface area (Å²) in [7, 11) is 0. The van der Waals surface area contributed by atoms with Gasteiger partial charge in [0.25, 0.3) is 0 Å². The fraction of sp³-hybridized carbons (Fsp3) is 0.308. The molecule has 0 saturated heterocycles. The van der Waals surface area contributed by atoms with Gasteiger partial charge in [-0.15, -0.1) is 0 Å². The van der Waals surface area contributed by atoms with Crippen molar-refractivity contribution in [1.29, 1.82) is 0 Å². The van der Waals surface area contributed by atoms with Crippen molar-refractivity contribution in [2.75, 3.05) is 0 Å². The molecule has 0 amide bonds. The molecule has 2 aromatic rings. The molecule has 0 aliphatic heterocycles. The van der Waals surface area contributed by atoms with Crippen molar-refractivity contribution in [3.05, 3.63) is 36.0 Å². The number of nitrogens with one attached hydrogen (secondary N) is 1. The second-order valence-electron chi connectivity index (χ2n) is 4.13. The molecule has 2 rings (SSSR count). The fourth-order valence-electron chi connectivity index (χ4n) is 1.54. The van der Waals surface area contributed by atoms with Crippen molar-refractivity contribution in [2.24, 2.45) is 0 Å². The topological polar surface area (TPSA) is 37.9 Å². The molecule has 0 saturated carbocycles. The van der Waals surface area contributed by atoms with Gasteiger partial charge in [-0.25, -0.2) is 0 Å². The van der Waals surface area contributed by atoms with Crippen molar-refractivity contribution in [3.8, 4) is 17.0 Å². The molecule has 1 aromatic heterocycles. The Hall–Kier alpha value is -1.77. The maximum absolute atomic E-state index is 5.58. The number of aromatic amines is 1. The predicted octanol–water partition coefficient (Wildman–Crippen LogP) is 3.17. The third-order valence-electron chi connectivity index (χ3n) is 2.23. The first-order valence-corrected chi connectivity index (χ1v) is 5.44. The summed E-state index contributed by atoms with van der Waals surface area (Å²) in [5.41, 5.74) is 3.13. The molecule has 1 aromatic carbocycles. The summed E-state index contributed by atoms with van der Waals surface area (Å²) in [4.78, 5) is 0. The Kier molecular flexibility index (Phi) is 2.95. The van der Waals surface area contributed by atoms with Crippen LogP contribution in [0.4, 0.5) is 0 Å². The molecular weight excluding hydrogens is 200 g/mol. The molecule has 0 spiro atoms. The van der Waals surface area contributed by atoms with Crippen LogP contribution in [0.3, 0.4) is 0 Å². The van der Waals surface area contributed by atoms with E-state index in [1.165, 1.54) is 0 Å². The molecule has 0 aliphatic carbocycles. The molecule has 0 unspecified atom stereocenters. The Labute approximate surface area is 95.5 Å². The van der Waals surface area contributed by atoms with Crippen LogP contribution >= 0.6 is 0 Å². The van der Waals surface area contributed by atoms with E-state index in [4.69, 9.17) is 4.74 Å². The van der Waals surface area contributed by atoms with E-state index in [2.05, 4.69) is 10.2 Å². The highest BCUT2D eigenvalue weighted by atomic mass is 16.5. The van der Waals surface area contributed by atoms with Gasteiger partial charge in [0.05, 0.1) is 11.8 Å². The van der Waals surface area contributed by atoms with Crippen LogP contribution in [-0.2, 0) is 0 Å². The molecule has 0 fully saturated rings. The lowest BCUT2D eigenvalue weighted by Crippen LogP contribution is -2.05. The molecular formula is C13H16N2O. The van der Waals surface area contributed by atoms with Crippen LogP contribution in [0.5, 0.6) is 5.75 Å². The lowest BCUT2D eigenvalue weighted by molar-refractivity contribution is 0.242. The minimum absolute atomic E-state index is 0.207. The minimum Gasteiger partial charge on any atom is -0.491 e. The molecule has 84 valence electrons. The van der Waals surface area contributed by atoms with E-state index in [-0.39, 0.29) is 6.10 Å². The summed E-state index contributed by atoms with van der Waals surface area (Å²) in [6, 6.07) is 10.0. The summed E-state index contributed by atoms with van der Waals surface area (Å²) in [5.74, 6) is 0.894. The number of H-pyrrole nitrogens is 1. The number of aromatic nitrogens is 2. The standard InChI is InChI=1S/C13H16N2O/c1-9(2)16-12-6-4-11(5-7-12)13-8-10(3)14-15-13/h4-9H,1-3H3,(H,14,15). The lowest BCUT2D eigenvalue weighted by Gasteiger charge is -2.09. The summed E-state index contributed by atoms with van der Waals surface area (Å²) >= 11 is 0. The zero-order valence-corrected chi connectivity index (χ0v) is 9.82. The Balaban J connectivity index is 2.19. The summed E-state index contributed by atoms with van der Waals surface area (Å²) < 4.78 is 5.58. The highest BCUT2D eigenvalue weighted by Crippen LogP contribution is 2.21. The number of hydrogen-bond acceptors (Lipinski definition) is 2. The maximum atomic E-state index is 5.58. The van der Waals surface area contributed by atoms with Crippen molar-refractivity contribution < 1.29 is 4.74 Å². The molecule has 0 atom stereocenters. The van der Waals surface area contributed by atoms with Gasteiger partial charge >= 0.3 is 0 Å². The first-order valence-electron chi connectivity index (χ1n) is 5.44. The maximum Gasteiger partial charge on any atom is 0.119 e. The van der Waals surface area contributed by atoms with Gasteiger partial charge in [-0.3, -0.25) is 5.10 Å². The van der Waals surface area contributed by atoms with Gasteiger partial charge in [-0.1, -0.05) is 0 Å². The predicted molar refractivity (Wildman–Crippen MR) is 64.5 cm³/mol. The number of benzene rings is 1. The van der Waals surface area contributed by atoms with Gasteiger partial charge in [0.15, 0.2) is 0 Å². The van der Waals surface area contributed by atoms with Crippen molar-refractivity contribution in [3.63, 3.8) is 0 Å². The monoisotopic (exact) mass is 216 g/mol. The van der Waals surface area contributed by atoms with Crippen LogP contribution in [-0.4, -0.2) is 16.3 Å². The van der Waals surface area contributed by atoms with Gasteiger partial charge in [-0.2, -0.15) is 5.10 Å². The van der Waals surface area contributed by atoms with E-state index in [1.54, 1.807) is 0 Å². The van der Waals surface area contributed by atoms with Crippen LogP contribution in [0.15, 0.2) is 30.3 Å². The Morgan fingerprint density at radius 1 is 1.19 bits per heavy atom. The van der Waals surface area contributed by atoms with Crippen molar-refractivity contribution in [1.82, 2.24) is 10.2 Å². The zero-order valence-electron chi connectivity index (χ0n) is 9.82. The Morgan fingerprint density at radius 3 is 2.38 bits per heavy atom. The number of ether oxygens (including phenoxy) is 1. The number of aryl methyl sites for hydroxylation is 1. The molecule has 0 bridgehead atoms. The number of hydrogen-bond donors (Lipinski definition) is 1. The first kappa shape index (κ1) is 10.7. The van der Waals surface area contributed by atoms with E-state index in [9.17, 15) is 0 Å². The van der Waals surface area contributed by atoms with Crippen LogP contribution in [0.2, 0.25) is 0 Å². The normalized spacial score (nSPS) is 10.8.